The van der Waals surface area contributed by atoms with Gasteiger partial charge in [0.25, 0.3) is 5.91 Å². The number of amides is 2. The van der Waals surface area contributed by atoms with Crippen LogP contribution in [0.5, 0.6) is 11.5 Å². The van der Waals surface area contributed by atoms with Crippen LogP contribution in [0.4, 0.5) is 11.4 Å². The molecule has 0 unspecified atom stereocenters. The Hall–Kier alpha value is -3.62. The van der Waals surface area contributed by atoms with Gasteiger partial charge in [0.05, 0.1) is 24.6 Å². The summed E-state index contributed by atoms with van der Waals surface area (Å²) in [6, 6.07) is 11.3. The third-order valence-electron chi connectivity index (χ3n) is 4.11. The highest BCUT2D eigenvalue weighted by molar-refractivity contribution is 5.95. The van der Waals surface area contributed by atoms with E-state index in [9.17, 15) is 19.7 Å². The summed E-state index contributed by atoms with van der Waals surface area (Å²) >= 11 is 0. The molecule has 0 aliphatic rings. The van der Waals surface area contributed by atoms with Crippen LogP contribution in [0.15, 0.2) is 42.5 Å². The molecule has 1 N–H and O–H groups in total. The number of benzene rings is 2. The fraction of sp³-hybridized carbons (Fsp3) is 0.300. The summed E-state index contributed by atoms with van der Waals surface area (Å²) in [6.45, 7) is 3.21. The van der Waals surface area contributed by atoms with Gasteiger partial charge in [-0.1, -0.05) is 17.7 Å². The minimum Gasteiger partial charge on any atom is -0.496 e. The monoisotopic (exact) mass is 401 g/mol. The van der Waals surface area contributed by atoms with E-state index in [0.29, 0.717) is 11.4 Å². The summed E-state index contributed by atoms with van der Waals surface area (Å²) in [7, 11) is 2.85. The van der Waals surface area contributed by atoms with Crippen molar-refractivity contribution >= 4 is 23.2 Å². The molecule has 0 bridgehead atoms. The summed E-state index contributed by atoms with van der Waals surface area (Å²) in [5.74, 6) is -0.622. The van der Waals surface area contributed by atoms with E-state index in [1.165, 1.54) is 44.2 Å². The Bertz CT molecular complexity index is 898. The topological polar surface area (TPSA) is 111 Å². The predicted molar refractivity (Wildman–Crippen MR) is 107 cm³/mol. The van der Waals surface area contributed by atoms with Crippen LogP contribution in [0.25, 0.3) is 0 Å². The van der Waals surface area contributed by atoms with E-state index in [4.69, 9.17) is 9.47 Å². The molecule has 0 radical (unpaired) electrons. The summed E-state index contributed by atoms with van der Waals surface area (Å²) in [4.78, 5) is 36.5. The third-order valence-corrected chi connectivity index (χ3v) is 4.11. The Morgan fingerprint density at radius 3 is 2.45 bits per heavy atom. The predicted octanol–water partition coefficient (Wildman–Crippen LogP) is 2.78. The quantitative estimate of drug-likeness (QED) is 0.538. The Kier molecular flexibility index (Phi) is 7.13. The number of aryl methyl sites for hydroxylation is 1. The molecule has 0 aliphatic heterocycles. The number of methoxy groups -OCH3 is 1. The number of ether oxygens (including phenoxy) is 2. The van der Waals surface area contributed by atoms with E-state index in [-0.39, 0.29) is 23.9 Å². The molecule has 29 heavy (non-hydrogen) atoms. The molecule has 0 aromatic heterocycles. The maximum atomic E-state index is 12.5. The zero-order valence-corrected chi connectivity index (χ0v) is 16.7. The minimum atomic E-state index is -1.03. The van der Waals surface area contributed by atoms with Crippen LogP contribution in [0, 0.1) is 17.0 Å². The first-order valence-electron chi connectivity index (χ1n) is 8.82. The van der Waals surface area contributed by atoms with Gasteiger partial charge in [0.15, 0.2) is 11.9 Å². The molecule has 9 nitrogen and oxygen atoms in total. The van der Waals surface area contributed by atoms with Crippen LogP contribution in [-0.4, -0.2) is 48.4 Å². The van der Waals surface area contributed by atoms with Crippen molar-refractivity contribution in [1.82, 2.24) is 4.90 Å². The third kappa shape index (κ3) is 5.93. The molecule has 0 heterocycles. The first kappa shape index (κ1) is 21.7. The number of anilines is 1. The number of nitro groups is 1. The van der Waals surface area contributed by atoms with E-state index in [1.54, 1.807) is 12.1 Å². The molecule has 1 atom stereocenters. The van der Waals surface area contributed by atoms with Gasteiger partial charge in [-0.05, 0) is 38.1 Å². The van der Waals surface area contributed by atoms with Gasteiger partial charge in [-0.25, -0.2) is 0 Å². The first-order chi connectivity index (χ1) is 13.7. The van der Waals surface area contributed by atoms with Crippen LogP contribution < -0.4 is 14.8 Å². The van der Waals surface area contributed by atoms with Crippen molar-refractivity contribution in [2.24, 2.45) is 0 Å². The van der Waals surface area contributed by atoms with Crippen molar-refractivity contribution in [3.63, 3.8) is 0 Å². The minimum absolute atomic E-state index is 0.0610. The van der Waals surface area contributed by atoms with Crippen molar-refractivity contribution in [3.05, 3.63) is 58.1 Å². The zero-order chi connectivity index (χ0) is 21.6. The van der Waals surface area contributed by atoms with Crippen LogP contribution >= 0.6 is 0 Å². The molecule has 2 aromatic carbocycles. The van der Waals surface area contributed by atoms with Gasteiger partial charge in [0.2, 0.25) is 5.91 Å². The van der Waals surface area contributed by atoms with Gasteiger partial charge in [-0.2, -0.15) is 0 Å². The number of nitro benzene ring substituents is 1. The lowest BCUT2D eigenvalue weighted by molar-refractivity contribution is -0.386. The van der Waals surface area contributed by atoms with E-state index >= 15 is 0 Å². The number of nitrogens with zero attached hydrogens (tertiary/aromatic N) is 2. The molecule has 0 saturated heterocycles. The number of hydrogen-bond acceptors (Lipinski definition) is 6. The Morgan fingerprint density at radius 2 is 1.86 bits per heavy atom. The largest absolute Gasteiger partial charge is 0.496 e. The summed E-state index contributed by atoms with van der Waals surface area (Å²) in [6.07, 6.45) is -1.03. The second-order valence-electron chi connectivity index (χ2n) is 6.46. The lowest BCUT2D eigenvalue weighted by Crippen LogP contribution is -2.42. The van der Waals surface area contributed by atoms with Gasteiger partial charge in [0, 0.05) is 12.7 Å². The summed E-state index contributed by atoms with van der Waals surface area (Å²) in [5.41, 5.74) is 1.37. The van der Waals surface area contributed by atoms with Crippen molar-refractivity contribution < 1.29 is 24.0 Å². The standard InChI is InChI=1S/C20H23N3O6/c1-13-5-7-15(8-6-13)21-19(24)12-22(3)20(25)14(2)29-18-10-9-16(28-4)11-17(18)23(26)27/h5-11,14H,12H2,1-4H3,(H,21,24)/t14-/m0/s1. The average molecular weight is 401 g/mol. The molecule has 2 aromatic rings. The lowest BCUT2D eigenvalue weighted by Gasteiger charge is -2.21. The fourth-order valence-electron chi connectivity index (χ4n) is 2.55. The summed E-state index contributed by atoms with van der Waals surface area (Å²) in [5, 5.41) is 13.9. The number of rotatable bonds is 8. The lowest BCUT2D eigenvalue weighted by atomic mass is 10.2. The van der Waals surface area contributed by atoms with Gasteiger partial charge in [-0.3, -0.25) is 19.7 Å². The number of nitrogens with one attached hydrogen (secondary N) is 1. The zero-order valence-electron chi connectivity index (χ0n) is 16.7. The Labute approximate surface area is 168 Å². The maximum Gasteiger partial charge on any atom is 0.314 e. The Balaban J connectivity index is 1.99. The molecule has 2 amide bonds. The van der Waals surface area contributed by atoms with Crippen molar-refractivity contribution in [1.29, 1.82) is 0 Å². The number of carbonyl (C=O) groups is 2. The number of hydrogen-bond donors (Lipinski definition) is 1. The maximum absolute atomic E-state index is 12.5. The van der Waals surface area contributed by atoms with Crippen LogP contribution in [0.1, 0.15) is 12.5 Å². The SMILES string of the molecule is COc1ccc(O[C@@H](C)C(=O)N(C)CC(=O)Nc2ccc(C)cc2)c([N+](=O)[O-])c1. The van der Waals surface area contributed by atoms with Crippen molar-refractivity contribution in [3.8, 4) is 11.5 Å². The second kappa shape index (κ2) is 9.54. The highest BCUT2D eigenvalue weighted by atomic mass is 16.6. The first-order valence-corrected chi connectivity index (χ1v) is 8.82. The number of likely N-dealkylation sites (N-methyl/N-ethyl adjacent to an activating group) is 1. The molecule has 0 spiro atoms. The van der Waals surface area contributed by atoms with Crippen molar-refractivity contribution in [2.45, 2.75) is 20.0 Å². The Morgan fingerprint density at radius 1 is 1.21 bits per heavy atom. The molecular weight excluding hydrogens is 378 g/mol. The van der Waals surface area contributed by atoms with Gasteiger partial charge >= 0.3 is 5.69 Å². The normalized spacial score (nSPS) is 11.3. The number of carbonyl (C=O) groups excluding carboxylic acids is 2. The van der Waals surface area contributed by atoms with E-state index in [1.807, 2.05) is 19.1 Å². The van der Waals surface area contributed by atoms with E-state index in [0.717, 1.165) is 5.56 Å². The molecule has 2 rings (SSSR count). The smallest absolute Gasteiger partial charge is 0.314 e. The van der Waals surface area contributed by atoms with E-state index in [2.05, 4.69) is 5.32 Å². The van der Waals surface area contributed by atoms with Gasteiger partial charge in [0.1, 0.15) is 5.75 Å². The molecule has 9 heteroatoms. The second-order valence-corrected chi connectivity index (χ2v) is 6.46. The highest BCUT2D eigenvalue weighted by Crippen LogP contribution is 2.31. The van der Waals surface area contributed by atoms with Crippen LogP contribution in [-0.2, 0) is 9.59 Å². The molecule has 0 aliphatic carbocycles. The van der Waals surface area contributed by atoms with Gasteiger partial charge in [-0.15, -0.1) is 0 Å². The van der Waals surface area contributed by atoms with Crippen LogP contribution in [0.3, 0.4) is 0 Å². The molecular formula is C20H23N3O6. The summed E-state index contributed by atoms with van der Waals surface area (Å²) < 4.78 is 10.5. The highest BCUT2D eigenvalue weighted by Gasteiger charge is 2.25. The average Bonchev–Trinajstić information content (AvgIpc) is 2.69. The fourth-order valence-corrected chi connectivity index (χ4v) is 2.55. The van der Waals surface area contributed by atoms with Crippen molar-refractivity contribution in [2.75, 3.05) is 26.0 Å². The molecule has 0 fully saturated rings. The molecule has 154 valence electrons. The van der Waals surface area contributed by atoms with Crippen LogP contribution in [0.2, 0.25) is 0 Å². The van der Waals surface area contributed by atoms with Gasteiger partial charge < -0.3 is 19.7 Å². The molecule has 0 saturated carbocycles. The van der Waals surface area contributed by atoms with E-state index < -0.39 is 16.9 Å².